The normalized spacial score (nSPS) is 15.7. The van der Waals surface area contributed by atoms with Gasteiger partial charge in [0.2, 0.25) is 0 Å². The SMILES string of the molecule is CCC(=NCC[NH+]1CCCCC1)c1c([O-])n(Cc2ccccc2)c(=O)[nH]c1=O. The average molecular weight is 384 g/mol. The molecule has 3 rings (SSSR count). The Balaban J connectivity index is 1.86. The van der Waals surface area contributed by atoms with Crippen LogP contribution < -0.4 is 21.3 Å². The Morgan fingerprint density at radius 3 is 2.57 bits per heavy atom. The van der Waals surface area contributed by atoms with Crippen molar-refractivity contribution in [3.63, 3.8) is 0 Å². The topological polar surface area (TPSA) is 94.7 Å². The average Bonchev–Trinajstić information content (AvgIpc) is 2.71. The van der Waals surface area contributed by atoms with Crippen molar-refractivity contribution in [3.8, 4) is 5.88 Å². The Morgan fingerprint density at radius 1 is 1.18 bits per heavy atom. The van der Waals surface area contributed by atoms with E-state index in [0.717, 1.165) is 29.8 Å². The van der Waals surface area contributed by atoms with E-state index in [1.54, 1.807) is 0 Å². The van der Waals surface area contributed by atoms with E-state index in [-0.39, 0.29) is 12.1 Å². The Labute approximate surface area is 164 Å². The highest BCUT2D eigenvalue weighted by molar-refractivity contribution is 6.01. The zero-order valence-corrected chi connectivity index (χ0v) is 16.4. The number of aromatic nitrogens is 2. The molecule has 0 unspecified atom stereocenters. The molecule has 0 spiro atoms. The number of nitrogens with one attached hydrogen (secondary N) is 2. The minimum absolute atomic E-state index is 0.00771. The first-order valence-corrected chi connectivity index (χ1v) is 10.1. The molecule has 1 aromatic carbocycles. The van der Waals surface area contributed by atoms with E-state index >= 15 is 0 Å². The number of rotatable bonds is 7. The quantitative estimate of drug-likeness (QED) is 0.654. The third-order valence-corrected chi connectivity index (χ3v) is 5.29. The second-order valence-corrected chi connectivity index (χ2v) is 7.25. The van der Waals surface area contributed by atoms with E-state index in [4.69, 9.17) is 0 Å². The molecule has 0 radical (unpaired) electrons. The van der Waals surface area contributed by atoms with Gasteiger partial charge in [-0.25, -0.2) is 4.79 Å². The van der Waals surface area contributed by atoms with Gasteiger partial charge in [-0.1, -0.05) is 37.3 Å². The molecule has 1 saturated heterocycles. The van der Waals surface area contributed by atoms with Crippen LogP contribution in [-0.4, -0.2) is 41.4 Å². The fourth-order valence-electron chi connectivity index (χ4n) is 3.73. The van der Waals surface area contributed by atoms with Crippen molar-refractivity contribution in [1.82, 2.24) is 9.55 Å². The summed E-state index contributed by atoms with van der Waals surface area (Å²) in [5.41, 5.74) is -0.0411. The van der Waals surface area contributed by atoms with Crippen LogP contribution in [0.4, 0.5) is 0 Å². The molecule has 2 heterocycles. The van der Waals surface area contributed by atoms with Crippen molar-refractivity contribution >= 4 is 5.71 Å². The van der Waals surface area contributed by atoms with Crippen molar-refractivity contribution in [1.29, 1.82) is 0 Å². The molecule has 7 heteroatoms. The molecule has 0 saturated carbocycles. The summed E-state index contributed by atoms with van der Waals surface area (Å²) in [4.78, 5) is 33.0. The standard InChI is InChI=1S/C21H28N4O3/c1-2-17(22-11-14-24-12-7-4-8-13-24)18-19(26)23-21(28)25(20(18)27)15-16-9-5-3-6-10-16/h3,5-6,9-10,27H,2,4,7-8,11-15H2,1H3,(H,23,26,28). The van der Waals surface area contributed by atoms with E-state index < -0.39 is 17.1 Å². The minimum Gasteiger partial charge on any atom is -0.859 e. The Bertz CT molecular complexity index is 925. The van der Waals surface area contributed by atoms with Gasteiger partial charge in [-0.05, 0) is 37.1 Å². The van der Waals surface area contributed by atoms with Gasteiger partial charge in [0.1, 0.15) is 0 Å². The predicted octanol–water partition coefficient (Wildman–Crippen LogP) is -0.0736. The predicted molar refractivity (Wildman–Crippen MR) is 107 cm³/mol. The van der Waals surface area contributed by atoms with Gasteiger partial charge < -0.3 is 14.6 Å². The van der Waals surface area contributed by atoms with Crippen LogP contribution >= 0.6 is 0 Å². The lowest BCUT2D eigenvalue weighted by molar-refractivity contribution is -0.903. The number of benzene rings is 1. The molecule has 2 aromatic rings. The molecule has 0 atom stereocenters. The van der Waals surface area contributed by atoms with Crippen LogP contribution in [0.2, 0.25) is 0 Å². The van der Waals surface area contributed by atoms with E-state index in [2.05, 4.69) is 9.98 Å². The molecule has 7 nitrogen and oxygen atoms in total. The van der Waals surface area contributed by atoms with Gasteiger partial charge in [-0.15, -0.1) is 0 Å². The monoisotopic (exact) mass is 384 g/mol. The van der Waals surface area contributed by atoms with Gasteiger partial charge in [0.05, 0.1) is 38.3 Å². The number of aromatic amines is 1. The van der Waals surface area contributed by atoms with Crippen molar-refractivity contribution in [3.05, 3.63) is 62.3 Å². The van der Waals surface area contributed by atoms with Crippen LogP contribution in [0.15, 0.2) is 44.9 Å². The molecule has 0 amide bonds. The van der Waals surface area contributed by atoms with Gasteiger partial charge in [0.25, 0.3) is 5.56 Å². The maximum absolute atomic E-state index is 12.9. The number of H-pyrrole nitrogens is 1. The third kappa shape index (κ3) is 4.78. The van der Waals surface area contributed by atoms with E-state index in [0.29, 0.717) is 18.7 Å². The molecular formula is C21H28N4O3. The van der Waals surface area contributed by atoms with Gasteiger partial charge in [-0.3, -0.25) is 14.8 Å². The van der Waals surface area contributed by atoms with Gasteiger partial charge in [0.15, 0.2) is 0 Å². The zero-order valence-electron chi connectivity index (χ0n) is 16.4. The number of nitrogens with zero attached hydrogens (tertiary/aromatic N) is 2. The number of piperidine rings is 1. The number of likely N-dealkylation sites (tertiary alicyclic amines) is 1. The number of aliphatic imine (C=N–C) groups is 1. The van der Waals surface area contributed by atoms with Crippen LogP contribution in [0.25, 0.3) is 0 Å². The summed E-state index contributed by atoms with van der Waals surface area (Å²) in [5, 5.41) is 12.9. The summed E-state index contributed by atoms with van der Waals surface area (Å²) in [6, 6.07) is 9.24. The molecule has 1 aliphatic heterocycles. The first-order valence-electron chi connectivity index (χ1n) is 10.1. The lowest BCUT2D eigenvalue weighted by Crippen LogP contribution is -3.13. The molecule has 28 heavy (non-hydrogen) atoms. The molecule has 1 fully saturated rings. The lowest BCUT2D eigenvalue weighted by Gasteiger charge is -2.23. The summed E-state index contributed by atoms with van der Waals surface area (Å²) in [5.74, 6) is -0.566. The van der Waals surface area contributed by atoms with Crippen LogP contribution in [0.1, 0.15) is 43.7 Å². The number of hydrogen-bond donors (Lipinski definition) is 2. The Morgan fingerprint density at radius 2 is 1.89 bits per heavy atom. The molecule has 150 valence electrons. The maximum atomic E-state index is 12.9. The van der Waals surface area contributed by atoms with Gasteiger partial charge in [-0.2, -0.15) is 0 Å². The number of hydrogen-bond acceptors (Lipinski definition) is 4. The largest absolute Gasteiger partial charge is 0.859 e. The van der Waals surface area contributed by atoms with Crippen LogP contribution in [0.5, 0.6) is 5.88 Å². The van der Waals surface area contributed by atoms with E-state index in [1.807, 2.05) is 37.3 Å². The van der Waals surface area contributed by atoms with E-state index in [1.165, 1.54) is 24.2 Å². The van der Waals surface area contributed by atoms with Crippen LogP contribution in [0.3, 0.4) is 0 Å². The van der Waals surface area contributed by atoms with Gasteiger partial charge in [0, 0.05) is 5.71 Å². The molecule has 0 bridgehead atoms. The van der Waals surface area contributed by atoms with Gasteiger partial charge >= 0.3 is 5.69 Å². The van der Waals surface area contributed by atoms with Crippen LogP contribution in [0, 0.1) is 0 Å². The first-order chi connectivity index (χ1) is 13.6. The molecule has 1 aromatic heterocycles. The molecular weight excluding hydrogens is 356 g/mol. The summed E-state index contributed by atoms with van der Waals surface area (Å²) >= 11 is 0. The second-order valence-electron chi connectivity index (χ2n) is 7.25. The molecule has 1 aliphatic rings. The highest BCUT2D eigenvalue weighted by Crippen LogP contribution is 2.12. The smallest absolute Gasteiger partial charge is 0.328 e. The van der Waals surface area contributed by atoms with Crippen molar-refractivity contribution < 1.29 is 10.0 Å². The fourth-order valence-corrected chi connectivity index (χ4v) is 3.73. The first kappa shape index (κ1) is 20.1. The maximum Gasteiger partial charge on any atom is 0.328 e. The van der Waals surface area contributed by atoms with Crippen molar-refractivity contribution in [2.45, 2.75) is 39.2 Å². The zero-order chi connectivity index (χ0) is 19.9. The summed E-state index contributed by atoms with van der Waals surface area (Å²) < 4.78 is 1.08. The summed E-state index contributed by atoms with van der Waals surface area (Å²) in [6.07, 6.45) is 4.26. The Hall–Kier alpha value is -2.67. The van der Waals surface area contributed by atoms with Crippen molar-refractivity contribution in [2.75, 3.05) is 26.2 Å². The van der Waals surface area contributed by atoms with Crippen molar-refractivity contribution in [2.24, 2.45) is 4.99 Å². The fraction of sp³-hybridized carbons (Fsp3) is 0.476. The van der Waals surface area contributed by atoms with Crippen LogP contribution in [-0.2, 0) is 6.54 Å². The second kappa shape index (κ2) is 9.50. The minimum atomic E-state index is -0.684. The molecule has 2 N–H and O–H groups in total. The lowest BCUT2D eigenvalue weighted by atomic mass is 10.1. The highest BCUT2D eigenvalue weighted by atomic mass is 16.3. The summed E-state index contributed by atoms with van der Waals surface area (Å²) in [7, 11) is 0. The molecule has 0 aliphatic carbocycles. The van der Waals surface area contributed by atoms with E-state index in [9.17, 15) is 14.7 Å². The third-order valence-electron chi connectivity index (χ3n) is 5.29. The Kier molecular flexibility index (Phi) is 6.81. The summed E-state index contributed by atoms with van der Waals surface area (Å²) in [6.45, 7) is 5.79. The highest BCUT2D eigenvalue weighted by Gasteiger charge is 2.15. The number of quaternary nitrogens is 1.